The Morgan fingerprint density at radius 3 is 2.68 bits per heavy atom. The van der Waals surface area contributed by atoms with Gasteiger partial charge in [0.15, 0.2) is 11.5 Å². The summed E-state index contributed by atoms with van der Waals surface area (Å²) < 4.78 is 59.3. The van der Waals surface area contributed by atoms with E-state index in [4.69, 9.17) is 25.8 Å². The molecule has 1 aromatic heterocycles. The number of hydrogen-bond acceptors (Lipinski definition) is 7. The third-order valence-corrected chi connectivity index (χ3v) is 8.34. The van der Waals surface area contributed by atoms with E-state index >= 15 is 0 Å². The van der Waals surface area contributed by atoms with Gasteiger partial charge in [-0.15, -0.1) is 0 Å². The predicted octanol–water partition coefficient (Wildman–Crippen LogP) is 4.74. The van der Waals surface area contributed by atoms with Gasteiger partial charge in [-0.2, -0.15) is 9.40 Å². The third kappa shape index (κ3) is 5.58. The van der Waals surface area contributed by atoms with Crippen LogP contribution in [0.4, 0.5) is 4.39 Å². The van der Waals surface area contributed by atoms with Crippen LogP contribution >= 0.6 is 11.6 Å². The molecule has 0 aliphatic heterocycles. The molecule has 9 nitrogen and oxygen atoms in total. The number of methoxy groups -OCH3 is 1. The Hall–Kier alpha value is -3.15. The molecular weight excluding hydrogens is 525 g/mol. The summed E-state index contributed by atoms with van der Waals surface area (Å²) in [4.78, 5) is 11.9. The van der Waals surface area contributed by atoms with Crippen molar-refractivity contribution >= 4 is 27.6 Å². The van der Waals surface area contributed by atoms with Crippen LogP contribution in [-0.4, -0.2) is 49.2 Å². The minimum Gasteiger partial charge on any atom is -0.493 e. The number of sulfonamides is 1. The van der Waals surface area contributed by atoms with Crippen LogP contribution < -0.4 is 9.47 Å². The zero-order chi connectivity index (χ0) is 26.7. The van der Waals surface area contributed by atoms with Crippen molar-refractivity contribution in [2.75, 3.05) is 20.8 Å². The lowest BCUT2D eigenvalue weighted by Gasteiger charge is -2.31. The van der Waals surface area contributed by atoms with Gasteiger partial charge in [-0.25, -0.2) is 12.8 Å². The first kappa shape index (κ1) is 26.9. The number of benzene rings is 2. The normalized spacial score (nSPS) is 15.4. The van der Waals surface area contributed by atoms with Crippen LogP contribution in [0, 0.1) is 5.82 Å². The fraction of sp³-hybridized carbons (Fsp3) is 0.360. The first-order valence-electron chi connectivity index (χ1n) is 11.6. The highest BCUT2D eigenvalue weighted by molar-refractivity contribution is 7.89. The second-order valence-electron chi connectivity index (χ2n) is 8.43. The fourth-order valence-corrected chi connectivity index (χ4v) is 6.02. The molecule has 12 heteroatoms. The summed E-state index contributed by atoms with van der Waals surface area (Å²) >= 11 is 6.38. The summed E-state index contributed by atoms with van der Waals surface area (Å²) in [6.07, 6.45) is 3.64. The summed E-state index contributed by atoms with van der Waals surface area (Å²) in [6.45, 7) is 1.98. The SMILES string of the molecule is CCOC(=O)Cn1ncc2c1CCCC2N(C)S(=O)(=O)c1ccc(Oc2ccc(F)cc2OC)c(Cl)c1. The summed E-state index contributed by atoms with van der Waals surface area (Å²) in [5, 5.41) is 4.38. The van der Waals surface area contributed by atoms with Gasteiger partial charge in [-0.1, -0.05) is 11.6 Å². The molecule has 0 fully saturated rings. The van der Waals surface area contributed by atoms with Gasteiger partial charge in [-0.3, -0.25) is 9.48 Å². The van der Waals surface area contributed by atoms with Gasteiger partial charge in [-0.05, 0) is 56.5 Å². The zero-order valence-electron chi connectivity index (χ0n) is 20.6. The molecule has 0 spiro atoms. The van der Waals surface area contributed by atoms with Crippen molar-refractivity contribution in [3.05, 3.63) is 64.7 Å². The van der Waals surface area contributed by atoms with Crippen LogP contribution in [0.3, 0.4) is 0 Å². The first-order valence-corrected chi connectivity index (χ1v) is 13.5. The van der Waals surface area contributed by atoms with Crippen molar-refractivity contribution in [2.24, 2.45) is 0 Å². The second-order valence-corrected chi connectivity index (χ2v) is 10.8. The maximum Gasteiger partial charge on any atom is 0.327 e. The summed E-state index contributed by atoms with van der Waals surface area (Å²) in [5.74, 6) is -0.297. The highest BCUT2D eigenvalue weighted by Crippen LogP contribution is 2.39. The number of fused-ring (bicyclic) bond motifs is 1. The van der Waals surface area contributed by atoms with E-state index in [1.165, 1.54) is 54.9 Å². The van der Waals surface area contributed by atoms with Crippen molar-refractivity contribution in [3.8, 4) is 17.2 Å². The predicted molar refractivity (Wildman–Crippen MR) is 134 cm³/mol. The van der Waals surface area contributed by atoms with Gasteiger partial charge < -0.3 is 14.2 Å². The topological polar surface area (TPSA) is 100.0 Å². The average molecular weight is 552 g/mol. The molecule has 1 aliphatic rings. The minimum absolute atomic E-state index is 0.00976. The number of rotatable bonds is 9. The smallest absolute Gasteiger partial charge is 0.327 e. The minimum atomic E-state index is -3.94. The number of halogens is 2. The van der Waals surface area contributed by atoms with Gasteiger partial charge in [0, 0.05) is 24.4 Å². The van der Waals surface area contributed by atoms with E-state index in [-0.39, 0.29) is 40.3 Å². The van der Waals surface area contributed by atoms with Gasteiger partial charge in [0.1, 0.15) is 18.1 Å². The lowest BCUT2D eigenvalue weighted by Crippen LogP contribution is -2.33. The van der Waals surface area contributed by atoms with Crippen LogP contribution in [0.15, 0.2) is 47.5 Å². The number of hydrogen-bond donors (Lipinski definition) is 0. The maximum absolute atomic E-state index is 13.5. The Labute approximate surface area is 219 Å². The molecule has 1 aliphatic carbocycles. The fourth-order valence-electron chi connectivity index (χ4n) is 4.34. The molecular formula is C25H27ClFN3O6S. The largest absolute Gasteiger partial charge is 0.493 e. The molecule has 1 unspecified atom stereocenters. The summed E-state index contributed by atoms with van der Waals surface area (Å²) in [5.41, 5.74) is 1.58. The summed E-state index contributed by atoms with van der Waals surface area (Å²) in [7, 11) is -1.05. The van der Waals surface area contributed by atoms with Crippen molar-refractivity contribution in [1.82, 2.24) is 14.1 Å². The highest BCUT2D eigenvalue weighted by atomic mass is 35.5. The quantitative estimate of drug-likeness (QED) is 0.354. The lowest BCUT2D eigenvalue weighted by atomic mass is 9.93. The highest BCUT2D eigenvalue weighted by Gasteiger charge is 2.34. The molecule has 1 atom stereocenters. The molecule has 0 bridgehead atoms. The van der Waals surface area contributed by atoms with Crippen LogP contribution in [0.1, 0.15) is 37.1 Å². The number of ether oxygens (including phenoxy) is 3. The Morgan fingerprint density at radius 2 is 1.97 bits per heavy atom. The van der Waals surface area contributed by atoms with Crippen molar-refractivity contribution < 1.29 is 31.8 Å². The van der Waals surface area contributed by atoms with Crippen molar-refractivity contribution in [3.63, 3.8) is 0 Å². The molecule has 1 heterocycles. The first-order chi connectivity index (χ1) is 17.6. The molecule has 198 valence electrons. The Balaban J connectivity index is 1.57. The van der Waals surface area contributed by atoms with Gasteiger partial charge in [0.25, 0.3) is 0 Å². The number of nitrogens with zero attached hydrogens (tertiary/aromatic N) is 3. The average Bonchev–Trinajstić information content (AvgIpc) is 3.28. The second kappa shape index (κ2) is 11.1. The number of carbonyl (C=O) groups is 1. The Morgan fingerprint density at radius 1 is 1.22 bits per heavy atom. The molecule has 0 saturated heterocycles. The van der Waals surface area contributed by atoms with Crippen molar-refractivity contribution in [2.45, 2.75) is 43.7 Å². The molecule has 4 rings (SSSR count). The molecule has 37 heavy (non-hydrogen) atoms. The van der Waals surface area contributed by atoms with E-state index < -0.39 is 27.9 Å². The molecule has 2 aromatic carbocycles. The van der Waals surface area contributed by atoms with E-state index in [2.05, 4.69) is 5.10 Å². The standard InChI is InChI=1S/C25H27ClFN3O6S/c1-4-35-25(31)15-30-21-7-5-6-20(18(21)14-28-30)29(2)37(32,33)17-9-11-22(19(26)13-17)36-23-10-8-16(27)12-24(23)34-3/h8-14,20H,4-7,15H2,1-3H3. The van der Waals surface area contributed by atoms with E-state index in [1.807, 2.05) is 0 Å². The number of aromatic nitrogens is 2. The van der Waals surface area contributed by atoms with Crippen LogP contribution in [0.2, 0.25) is 5.02 Å². The maximum atomic E-state index is 13.5. The zero-order valence-corrected chi connectivity index (χ0v) is 22.2. The number of carbonyl (C=O) groups excluding carboxylic acids is 1. The molecule has 0 N–H and O–H groups in total. The molecule has 0 amide bonds. The van der Waals surface area contributed by atoms with Crippen LogP contribution in [0.25, 0.3) is 0 Å². The van der Waals surface area contributed by atoms with E-state index in [9.17, 15) is 17.6 Å². The monoisotopic (exact) mass is 551 g/mol. The third-order valence-electron chi connectivity index (χ3n) is 6.18. The van der Waals surface area contributed by atoms with Gasteiger partial charge in [0.05, 0.1) is 35.9 Å². The van der Waals surface area contributed by atoms with Crippen LogP contribution in [-0.2, 0) is 32.5 Å². The molecule has 0 radical (unpaired) electrons. The Kier molecular flexibility index (Phi) is 8.05. The van der Waals surface area contributed by atoms with E-state index in [0.29, 0.717) is 12.8 Å². The summed E-state index contributed by atoms with van der Waals surface area (Å²) in [6, 6.07) is 7.48. The molecule has 3 aromatic rings. The van der Waals surface area contributed by atoms with Gasteiger partial charge in [0.2, 0.25) is 10.0 Å². The van der Waals surface area contributed by atoms with Gasteiger partial charge >= 0.3 is 5.97 Å². The van der Waals surface area contributed by atoms with Crippen LogP contribution in [0.5, 0.6) is 17.2 Å². The Bertz CT molecular complexity index is 1410. The molecule has 0 saturated carbocycles. The van der Waals surface area contributed by atoms with Crippen molar-refractivity contribution in [1.29, 1.82) is 0 Å². The van der Waals surface area contributed by atoms with E-state index in [0.717, 1.165) is 17.7 Å². The lowest BCUT2D eigenvalue weighted by molar-refractivity contribution is -0.144. The number of esters is 1. The van der Waals surface area contributed by atoms with E-state index in [1.54, 1.807) is 17.8 Å².